The van der Waals surface area contributed by atoms with Gasteiger partial charge in [-0.1, -0.05) is 0 Å². The van der Waals surface area contributed by atoms with Gasteiger partial charge >= 0.3 is 0 Å². The predicted octanol–water partition coefficient (Wildman–Crippen LogP) is 2.36. The Hall–Kier alpha value is -0.840. The molecule has 1 rings (SSSR count). The van der Waals surface area contributed by atoms with E-state index < -0.39 is 23.2 Å². The van der Waals surface area contributed by atoms with Gasteiger partial charge in [-0.3, -0.25) is 0 Å². The van der Waals surface area contributed by atoms with Crippen molar-refractivity contribution in [2.45, 2.75) is 0 Å². The van der Waals surface area contributed by atoms with Crippen LogP contribution in [-0.4, -0.2) is 11.4 Å². The van der Waals surface area contributed by atoms with Gasteiger partial charge in [0.1, 0.15) is 0 Å². The van der Waals surface area contributed by atoms with Crippen LogP contribution in [0.1, 0.15) is 0 Å². The fourth-order valence-corrected chi connectivity index (χ4v) is 0.516. The summed E-state index contributed by atoms with van der Waals surface area (Å²) in [6, 6.07) is 1.25. The van der Waals surface area contributed by atoms with Crippen LogP contribution in [0.4, 0.5) is 13.2 Å². The molecule has 0 aliphatic carbocycles. The zero-order chi connectivity index (χ0) is 9.72. The van der Waals surface area contributed by atoms with E-state index in [0.29, 0.717) is 12.1 Å². The minimum absolute atomic E-state index is 0.602. The highest BCUT2D eigenvalue weighted by atomic mass is 32.1. The number of halogens is 3. The molecule has 0 bridgehead atoms. The van der Waals surface area contributed by atoms with Crippen molar-refractivity contribution >= 4 is 12.6 Å². The van der Waals surface area contributed by atoms with Crippen LogP contribution in [0, 0.1) is 17.5 Å². The first-order valence-electron chi connectivity index (χ1n) is 2.90. The SMILES string of the molecule is CS.Oc1c(F)ccc(F)c1F. The third-order valence-electron chi connectivity index (χ3n) is 1.02. The molecule has 1 N–H and O–H groups in total. The van der Waals surface area contributed by atoms with Gasteiger partial charge in [-0.2, -0.15) is 17.0 Å². The van der Waals surface area contributed by atoms with Crippen molar-refractivity contribution in [1.82, 2.24) is 0 Å². The predicted molar refractivity (Wildman–Crippen MR) is 42.9 cm³/mol. The van der Waals surface area contributed by atoms with Crippen molar-refractivity contribution < 1.29 is 18.3 Å². The van der Waals surface area contributed by atoms with E-state index in [1.165, 1.54) is 0 Å². The quantitative estimate of drug-likeness (QED) is 0.482. The average molecular weight is 196 g/mol. The second-order valence-corrected chi connectivity index (χ2v) is 1.69. The summed E-state index contributed by atoms with van der Waals surface area (Å²) in [6.07, 6.45) is 1.69. The Kier molecular flexibility index (Phi) is 4.58. The maximum absolute atomic E-state index is 12.1. The summed E-state index contributed by atoms with van der Waals surface area (Å²) in [7, 11) is 0. The summed E-state index contributed by atoms with van der Waals surface area (Å²) in [4.78, 5) is 0. The molecule has 0 amide bonds. The number of phenolic OH excluding ortho intramolecular Hbond substituents is 1. The molecule has 0 atom stereocenters. The highest BCUT2D eigenvalue weighted by Gasteiger charge is 2.10. The number of aromatic hydroxyl groups is 1. The maximum atomic E-state index is 12.1. The smallest absolute Gasteiger partial charge is 0.203 e. The molecule has 1 aromatic rings. The van der Waals surface area contributed by atoms with Crippen LogP contribution in [0.25, 0.3) is 0 Å². The van der Waals surface area contributed by atoms with E-state index in [1.54, 1.807) is 6.26 Å². The standard InChI is InChI=1S/C6H3F3O.CH4S/c7-3-1-2-4(8)6(10)5(3)9;1-2/h1-2,10H;2H,1H3. The lowest BCUT2D eigenvalue weighted by atomic mass is 10.3. The first-order valence-corrected chi connectivity index (χ1v) is 3.79. The van der Waals surface area contributed by atoms with Crippen LogP contribution < -0.4 is 0 Å². The van der Waals surface area contributed by atoms with Crippen LogP contribution in [0.3, 0.4) is 0 Å². The van der Waals surface area contributed by atoms with Crippen LogP contribution >= 0.6 is 12.6 Å². The molecule has 68 valence electrons. The number of hydrogen-bond donors (Lipinski definition) is 2. The third kappa shape index (κ3) is 2.34. The molecule has 1 nitrogen and oxygen atoms in total. The van der Waals surface area contributed by atoms with Crippen LogP contribution in [-0.2, 0) is 0 Å². The fraction of sp³-hybridized carbons (Fsp3) is 0.143. The number of thiol groups is 1. The van der Waals surface area contributed by atoms with Gasteiger partial charge in [-0.15, -0.1) is 0 Å². The molecule has 0 aliphatic rings. The Labute approximate surface area is 73.2 Å². The lowest BCUT2D eigenvalue weighted by molar-refractivity contribution is 0.376. The minimum atomic E-state index is -1.56. The highest BCUT2D eigenvalue weighted by Crippen LogP contribution is 2.21. The van der Waals surface area contributed by atoms with Crippen molar-refractivity contribution in [2.24, 2.45) is 0 Å². The molecule has 5 heteroatoms. The van der Waals surface area contributed by atoms with Gasteiger partial charge in [0.2, 0.25) is 5.82 Å². The summed E-state index contributed by atoms with van der Waals surface area (Å²) in [5, 5.41) is 8.40. The van der Waals surface area contributed by atoms with Crippen LogP contribution in [0.5, 0.6) is 5.75 Å². The number of rotatable bonds is 0. The van der Waals surface area contributed by atoms with E-state index in [-0.39, 0.29) is 0 Å². The minimum Gasteiger partial charge on any atom is -0.503 e. The van der Waals surface area contributed by atoms with Crippen molar-refractivity contribution in [3.05, 3.63) is 29.6 Å². The summed E-state index contributed by atoms with van der Waals surface area (Å²) >= 11 is 3.53. The maximum Gasteiger partial charge on any atom is 0.203 e. The second kappa shape index (κ2) is 4.92. The van der Waals surface area contributed by atoms with Gasteiger partial charge in [0, 0.05) is 0 Å². The monoisotopic (exact) mass is 196 g/mol. The Bertz CT molecular complexity index is 238. The lowest BCUT2D eigenvalue weighted by Gasteiger charge is -1.95. The molecule has 0 saturated carbocycles. The summed E-state index contributed by atoms with van der Waals surface area (Å²) in [6.45, 7) is 0. The van der Waals surface area contributed by atoms with E-state index in [4.69, 9.17) is 5.11 Å². The second-order valence-electron chi connectivity index (χ2n) is 1.69. The van der Waals surface area contributed by atoms with E-state index in [2.05, 4.69) is 12.6 Å². The topological polar surface area (TPSA) is 20.2 Å². The molecule has 0 saturated heterocycles. The molecule has 0 fully saturated rings. The zero-order valence-corrected chi connectivity index (χ0v) is 7.08. The number of benzene rings is 1. The number of phenols is 1. The van der Waals surface area contributed by atoms with Crippen molar-refractivity contribution in [2.75, 3.05) is 6.26 Å². The van der Waals surface area contributed by atoms with E-state index in [9.17, 15) is 13.2 Å². The van der Waals surface area contributed by atoms with Crippen molar-refractivity contribution in [3.63, 3.8) is 0 Å². The summed E-state index contributed by atoms with van der Waals surface area (Å²) in [5.74, 6) is -5.27. The first-order chi connectivity index (χ1) is 5.63. The van der Waals surface area contributed by atoms with Gasteiger partial charge in [-0.05, 0) is 18.4 Å². The molecule has 0 spiro atoms. The first kappa shape index (κ1) is 11.2. The van der Waals surface area contributed by atoms with Gasteiger partial charge in [-0.25, -0.2) is 8.78 Å². The molecular formula is C7H7F3OS. The van der Waals surface area contributed by atoms with Gasteiger partial charge < -0.3 is 5.11 Å². The van der Waals surface area contributed by atoms with E-state index in [1.807, 2.05) is 0 Å². The molecule has 0 heterocycles. The van der Waals surface area contributed by atoms with Crippen molar-refractivity contribution in [1.29, 1.82) is 0 Å². The average Bonchev–Trinajstić information content (AvgIpc) is 2.12. The van der Waals surface area contributed by atoms with Gasteiger partial charge in [0.25, 0.3) is 0 Å². The van der Waals surface area contributed by atoms with Crippen molar-refractivity contribution in [3.8, 4) is 5.75 Å². The molecule has 0 aromatic heterocycles. The molecule has 0 aliphatic heterocycles. The van der Waals surface area contributed by atoms with Gasteiger partial charge in [0.15, 0.2) is 17.4 Å². The molecular weight excluding hydrogens is 189 g/mol. The van der Waals surface area contributed by atoms with E-state index in [0.717, 1.165) is 0 Å². The molecule has 0 unspecified atom stereocenters. The molecule has 12 heavy (non-hydrogen) atoms. The van der Waals surface area contributed by atoms with E-state index >= 15 is 0 Å². The highest BCUT2D eigenvalue weighted by molar-refractivity contribution is 7.79. The Morgan fingerprint density at radius 2 is 1.50 bits per heavy atom. The number of hydrogen-bond acceptors (Lipinski definition) is 2. The summed E-state index contributed by atoms with van der Waals surface area (Å²) in [5.41, 5.74) is 0. The Morgan fingerprint density at radius 1 is 1.08 bits per heavy atom. The normalized spacial score (nSPS) is 8.75. The Balaban J connectivity index is 0.000000561. The lowest BCUT2D eigenvalue weighted by Crippen LogP contribution is -1.86. The largest absolute Gasteiger partial charge is 0.503 e. The van der Waals surface area contributed by atoms with Gasteiger partial charge in [0.05, 0.1) is 0 Å². The fourth-order valence-electron chi connectivity index (χ4n) is 0.516. The molecule has 1 aromatic carbocycles. The molecule has 0 radical (unpaired) electrons. The summed E-state index contributed by atoms with van der Waals surface area (Å²) < 4.78 is 36.3. The van der Waals surface area contributed by atoms with Crippen LogP contribution in [0.2, 0.25) is 0 Å². The van der Waals surface area contributed by atoms with Crippen LogP contribution in [0.15, 0.2) is 12.1 Å². The Morgan fingerprint density at radius 3 is 1.92 bits per heavy atom. The zero-order valence-electron chi connectivity index (χ0n) is 6.18. The third-order valence-corrected chi connectivity index (χ3v) is 1.02.